The van der Waals surface area contributed by atoms with E-state index in [2.05, 4.69) is 11.7 Å². The quantitative estimate of drug-likeness (QED) is 0.273. The first-order valence-electron chi connectivity index (χ1n) is 11.2. The number of halogens is 7. The maximum atomic E-state index is 14.4. The van der Waals surface area contributed by atoms with Crippen LogP contribution < -0.4 is 4.74 Å². The topological polar surface area (TPSA) is 9.23 Å². The molecule has 2 aromatic rings. The van der Waals surface area contributed by atoms with E-state index in [1.54, 1.807) is 12.1 Å². The van der Waals surface area contributed by atoms with Crippen LogP contribution in [-0.2, 0) is 12.3 Å². The highest BCUT2D eigenvalue weighted by molar-refractivity contribution is 5.33. The molecule has 2 aromatic carbocycles. The molecule has 0 saturated heterocycles. The third-order valence-electron chi connectivity index (χ3n) is 6.32. The Morgan fingerprint density at radius 2 is 1.42 bits per heavy atom. The Morgan fingerprint density at radius 3 is 1.94 bits per heavy atom. The Kier molecular flexibility index (Phi) is 7.96. The van der Waals surface area contributed by atoms with Crippen LogP contribution in [0.15, 0.2) is 36.4 Å². The zero-order chi connectivity index (χ0) is 24.2. The van der Waals surface area contributed by atoms with E-state index >= 15 is 0 Å². The van der Waals surface area contributed by atoms with E-state index in [-0.39, 0.29) is 17.9 Å². The van der Waals surface area contributed by atoms with E-state index < -0.39 is 35.0 Å². The van der Waals surface area contributed by atoms with Crippen LogP contribution >= 0.6 is 0 Å². The Bertz CT molecular complexity index is 890. The van der Waals surface area contributed by atoms with Crippen LogP contribution in [-0.4, -0.2) is 0 Å². The molecule has 182 valence electrons. The second-order valence-electron chi connectivity index (χ2n) is 8.71. The molecule has 0 spiro atoms. The molecule has 0 unspecified atom stereocenters. The highest BCUT2D eigenvalue weighted by Crippen LogP contribution is 2.40. The van der Waals surface area contributed by atoms with Crippen LogP contribution in [0.3, 0.4) is 0 Å². The molecule has 0 aromatic heterocycles. The van der Waals surface area contributed by atoms with Gasteiger partial charge in [-0.25, -0.2) is 8.78 Å². The Balaban J connectivity index is 1.64. The maximum absolute atomic E-state index is 14.4. The van der Waals surface area contributed by atoms with Crippen molar-refractivity contribution in [3.8, 4) is 5.75 Å². The largest absolute Gasteiger partial charge is 0.429 e. The number of benzene rings is 2. The van der Waals surface area contributed by atoms with Crippen molar-refractivity contribution in [1.29, 1.82) is 0 Å². The predicted molar refractivity (Wildman–Crippen MR) is 111 cm³/mol. The van der Waals surface area contributed by atoms with Gasteiger partial charge >= 0.3 is 12.3 Å². The van der Waals surface area contributed by atoms with Crippen molar-refractivity contribution >= 4 is 0 Å². The van der Waals surface area contributed by atoms with Crippen LogP contribution in [0.2, 0.25) is 0 Å². The molecular formula is C25H27F7O. The van der Waals surface area contributed by atoms with Gasteiger partial charge in [-0.15, -0.1) is 0 Å². The average Bonchev–Trinajstić information content (AvgIpc) is 2.73. The van der Waals surface area contributed by atoms with Gasteiger partial charge in [0.15, 0.2) is 0 Å². The van der Waals surface area contributed by atoms with Gasteiger partial charge in [-0.2, -0.15) is 22.0 Å². The first kappa shape index (κ1) is 25.4. The number of hydrogen-bond donors (Lipinski definition) is 0. The molecule has 0 N–H and O–H groups in total. The standard InChI is InChI=1S/C25H27F7O/c1-2-3-4-5-16-6-8-17(9-7-16)18-10-12-20(13-11-18)33-25(31,32)19-14-21(26)23(22(27)15-19)24(28,29)30/h10-17H,2-9H2,1H3. The molecule has 0 bridgehead atoms. The monoisotopic (exact) mass is 476 g/mol. The number of unbranched alkanes of at least 4 members (excludes halogenated alkanes) is 2. The van der Waals surface area contributed by atoms with Gasteiger partial charge < -0.3 is 4.74 Å². The van der Waals surface area contributed by atoms with Crippen molar-refractivity contribution in [2.45, 2.75) is 76.5 Å². The second-order valence-corrected chi connectivity index (χ2v) is 8.71. The minimum atomic E-state index is -5.34. The summed E-state index contributed by atoms with van der Waals surface area (Å²) in [5.41, 5.74) is -2.55. The van der Waals surface area contributed by atoms with Gasteiger partial charge in [0, 0.05) is 0 Å². The Labute approximate surface area is 188 Å². The zero-order valence-corrected chi connectivity index (χ0v) is 18.3. The van der Waals surface area contributed by atoms with Crippen LogP contribution in [0.25, 0.3) is 0 Å². The molecule has 8 heteroatoms. The lowest BCUT2D eigenvalue weighted by Gasteiger charge is -2.29. The molecule has 0 aliphatic heterocycles. The molecule has 33 heavy (non-hydrogen) atoms. The summed E-state index contributed by atoms with van der Waals surface area (Å²) in [4.78, 5) is 0. The van der Waals surface area contributed by atoms with E-state index in [4.69, 9.17) is 0 Å². The Hall–Kier alpha value is -2.25. The summed E-state index contributed by atoms with van der Waals surface area (Å²) in [6.45, 7) is 2.18. The molecule has 3 rings (SSSR count). The summed E-state index contributed by atoms with van der Waals surface area (Å²) in [7, 11) is 0. The molecule has 0 amide bonds. The Morgan fingerprint density at radius 1 is 0.848 bits per heavy atom. The van der Waals surface area contributed by atoms with Crippen molar-refractivity contribution in [3.05, 3.63) is 64.7 Å². The number of alkyl halides is 5. The lowest BCUT2D eigenvalue weighted by atomic mass is 9.77. The van der Waals surface area contributed by atoms with Crippen molar-refractivity contribution in [2.75, 3.05) is 0 Å². The molecule has 0 heterocycles. The summed E-state index contributed by atoms with van der Waals surface area (Å²) in [6.07, 6.45) is -0.299. The van der Waals surface area contributed by atoms with Gasteiger partial charge in [-0.05, 0) is 67.3 Å². The van der Waals surface area contributed by atoms with E-state index in [0.717, 1.165) is 37.2 Å². The van der Waals surface area contributed by atoms with Gasteiger partial charge in [0.25, 0.3) is 0 Å². The van der Waals surface area contributed by atoms with E-state index in [1.165, 1.54) is 37.8 Å². The summed E-state index contributed by atoms with van der Waals surface area (Å²) in [5.74, 6) is -3.43. The van der Waals surface area contributed by atoms with Crippen LogP contribution in [0.4, 0.5) is 30.7 Å². The van der Waals surface area contributed by atoms with Gasteiger partial charge in [-0.3, -0.25) is 0 Å². The van der Waals surface area contributed by atoms with Crippen LogP contribution in [0, 0.1) is 17.6 Å². The predicted octanol–water partition coefficient (Wildman–Crippen LogP) is 8.97. The molecule has 1 fully saturated rings. The smallest absolute Gasteiger partial charge is 0.426 e. The van der Waals surface area contributed by atoms with Gasteiger partial charge in [0.1, 0.15) is 22.9 Å². The highest BCUT2D eigenvalue weighted by Gasteiger charge is 2.42. The SMILES string of the molecule is CCCCCC1CCC(c2ccc(OC(F)(F)c3cc(F)c(C(F)(F)F)c(F)c3)cc2)CC1. The normalized spacial score (nSPS) is 19.5. The summed E-state index contributed by atoms with van der Waals surface area (Å²) in [6, 6.07) is 5.93. The van der Waals surface area contributed by atoms with E-state index in [1.807, 2.05) is 0 Å². The molecule has 0 atom stereocenters. The zero-order valence-electron chi connectivity index (χ0n) is 18.3. The number of ether oxygens (including phenoxy) is 1. The lowest BCUT2D eigenvalue weighted by molar-refractivity contribution is -0.186. The molecule has 1 aliphatic carbocycles. The van der Waals surface area contributed by atoms with Gasteiger partial charge in [0.2, 0.25) is 0 Å². The van der Waals surface area contributed by atoms with Crippen LogP contribution in [0.5, 0.6) is 5.75 Å². The molecule has 1 aliphatic rings. The fourth-order valence-electron chi connectivity index (χ4n) is 4.49. The summed E-state index contributed by atoms with van der Waals surface area (Å²) >= 11 is 0. The van der Waals surface area contributed by atoms with Crippen molar-refractivity contribution in [1.82, 2.24) is 0 Å². The molecule has 1 nitrogen and oxygen atoms in total. The van der Waals surface area contributed by atoms with Crippen LogP contribution in [0.1, 0.15) is 80.9 Å². The third-order valence-corrected chi connectivity index (χ3v) is 6.32. The third kappa shape index (κ3) is 6.42. The molecule has 0 radical (unpaired) electrons. The number of rotatable bonds is 8. The molecule has 1 saturated carbocycles. The van der Waals surface area contributed by atoms with E-state index in [9.17, 15) is 30.7 Å². The number of hydrogen-bond acceptors (Lipinski definition) is 1. The lowest BCUT2D eigenvalue weighted by Crippen LogP contribution is -2.23. The maximum Gasteiger partial charge on any atom is 0.426 e. The van der Waals surface area contributed by atoms with Gasteiger partial charge in [-0.1, -0.05) is 44.7 Å². The first-order valence-corrected chi connectivity index (χ1v) is 11.2. The fourth-order valence-corrected chi connectivity index (χ4v) is 4.49. The minimum absolute atomic E-state index is 0.0563. The minimum Gasteiger partial charge on any atom is -0.429 e. The fraction of sp³-hybridized carbons (Fsp3) is 0.520. The van der Waals surface area contributed by atoms with E-state index in [0.29, 0.717) is 5.92 Å². The highest BCUT2D eigenvalue weighted by atomic mass is 19.4. The average molecular weight is 476 g/mol. The first-order chi connectivity index (χ1) is 15.5. The second kappa shape index (κ2) is 10.3. The van der Waals surface area contributed by atoms with Crippen molar-refractivity contribution in [3.63, 3.8) is 0 Å². The summed E-state index contributed by atoms with van der Waals surface area (Å²) < 4.78 is 98.8. The van der Waals surface area contributed by atoms with Gasteiger partial charge in [0.05, 0.1) is 5.56 Å². The van der Waals surface area contributed by atoms with Crippen molar-refractivity contribution in [2.24, 2.45) is 5.92 Å². The summed E-state index contributed by atoms with van der Waals surface area (Å²) in [5, 5.41) is 0. The van der Waals surface area contributed by atoms with Crippen molar-refractivity contribution < 1.29 is 35.5 Å². The molecular weight excluding hydrogens is 449 g/mol.